The first-order valence-electron chi connectivity index (χ1n) is 9.69. The minimum Gasteiger partial charge on any atom is -0.494 e. The monoisotopic (exact) mass is 375 g/mol. The third kappa shape index (κ3) is 3.40. The molecular formula is C23H25N3O2. The molecule has 0 N–H and O–H groups in total. The number of hydrogen-bond acceptors (Lipinski definition) is 3. The van der Waals surface area contributed by atoms with Gasteiger partial charge in [-0.3, -0.25) is 4.79 Å². The van der Waals surface area contributed by atoms with Crippen LogP contribution in [0.4, 0.5) is 5.69 Å². The molecule has 2 heterocycles. The van der Waals surface area contributed by atoms with Crippen molar-refractivity contribution in [2.45, 2.75) is 32.7 Å². The van der Waals surface area contributed by atoms with Crippen molar-refractivity contribution >= 4 is 22.6 Å². The molecule has 1 aromatic heterocycles. The van der Waals surface area contributed by atoms with Crippen LogP contribution in [0.25, 0.3) is 11.0 Å². The van der Waals surface area contributed by atoms with Crippen molar-refractivity contribution in [2.75, 3.05) is 18.1 Å². The van der Waals surface area contributed by atoms with Crippen LogP contribution < -0.4 is 9.64 Å². The molecule has 5 heteroatoms. The van der Waals surface area contributed by atoms with Gasteiger partial charge in [0.1, 0.15) is 11.6 Å². The van der Waals surface area contributed by atoms with E-state index in [4.69, 9.17) is 9.72 Å². The summed E-state index contributed by atoms with van der Waals surface area (Å²) in [6.45, 7) is 10.0. The van der Waals surface area contributed by atoms with Gasteiger partial charge in [-0.25, -0.2) is 4.98 Å². The summed E-state index contributed by atoms with van der Waals surface area (Å²) in [7, 11) is 0. The zero-order valence-corrected chi connectivity index (χ0v) is 16.4. The third-order valence-electron chi connectivity index (χ3n) is 5.06. The van der Waals surface area contributed by atoms with E-state index in [1.165, 1.54) is 0 Å². The molecule has 0 aliphatic carbocycles. The van der Waals surface area contributed by atoms with Gasteiger partial charge in [0.15, 0.2) is 0 Å². The molecule has 0 bridgehead atoms. The zero-order chi connectivity index (χ0) is 19.7. The number of anilines is 1. The maximum atomic E-state index is 12.8. The number of carbonyl (C=O) groups is 1. The van der Waals surface area contributed by atoms with Crippen molar-refractivity contribution in [3.8, 4) is 5.75 Å². The first kappa shape index (κ1) is 18.3. The number of fused-ring (bicyclic) bond motifs is 1. The summed E-state index contributed by atoms with van der Waals surface area (Å²) in [5.41, 5.74) is 4.02. The second-order valence-corrected chi connectivity index (χ2v) is 7.33. The highest BCUT2D eigenvalue weighted by Gasteiger charge is 2.34. The number of para-hydroxylation sites is 2. The maximum absolute atomic E-state index is 12.8. The lowest BCUT2D eigenvalue weighted by atomic mass is 10.1. The van der Waals surface area contributed by atoms with Gasteiger partial charge in [0.05, 0.1) is 17.6 Å². The Morgan fingerprint density at radius 1 is 1.21 bits per heavy atom. The van der Waals surface area contributed by atoms with Crippen molar-refractivity contribution in [1.82, 2.24) is 9.55 Å². The van der Waals surface area contributed by atoms with Gasteiger partial charge in [-0.2, -0.15) is 0 Å². The van der Waals surface area contributed by atoms with E-state index >= 15 is 0 Å². The van der Waals surface area contributed by atoms with E-state index in [0.29, 0.717) is 26.1 Å². The standard InChI is InChI=1S/C23H25N3O2/c1-4-28-19-11-9-18(10-12-19)25-15-17(13-22(25)27)23-24-20-7-5-6-8-21(20)26(23)14-16(2)3/h5-12,17H,2,4,13-15H2,1,3H3/t17-/m0/s1. The number of hydrogen-bond donors (Lipinski definition) is 0. The summed E-state index contributed by atoms with van der Waals surface area (Å²) in [4.78, 5) is 19.5. The predicted octanol–water partition coefficient (Wildman–Crippen LogP) is 4.53. The molecule has 2 aromatic carbocycles. The Morgan fingerprint density at radius 2 is 1.96 bits per heavy atom. The predicted molar refractivity (Wildman–Crippen MR) is 112 cm³/mol. The zero-order valence-electron chi connectivity index (χ0n) is 16.4. The number of amides is 1. The average molecular weight is 375 g/mol. The highest BCUT2D eigenvalue weighted by atomic mass is 16.5. The molecule has 0 saturated carbocycles. The minimum absolute atomic E-state index is 0.0609. The SMILES string of the molecule is C=C(C)Cn1c([C@H]2CC(=O)N(c3ccc(OCC)cc3)C2)nc2ccccc21. The first-order chi connectivity index (χ1) is 13.6. The van der Waals surface area contributed by atoms with Gasteiger partial charge in [0.25, 0.3) is 0 Å². The van der Waals surface area contributed by atoms with Gasteiger partial charge in [-0.15, -0.1) is 0 Å². The third-order valence-corrected chi connectivity index (χ3v) is 5.06. The van der Waals surface area contributed by atoms with Crippen LogP contribution in [0.2, 0.25) is 0 Å². The van der Waals surface area contributed by atoms with E-state index in [-0.39, 0.29) is 11.8 Å². The molecule has 0 radical (unpaired) electrons. The summed E-state index contributed by atoms with van der Waals surface area (Å²) in [5.74, 6) is 1.97. The van der Waals surface area contributed by atoms with Crippen molar-refractivity contribution in [1.29, 1.82) is 0 Å². The number of imidazole rings is 1. The van der Waals surface area contributed by atoms with Crippen molar-refractivity contribution in [3.05, 3.63) is 66.5 Å². The second-order valence-electron chi connectivity index (χ2n) is 7.33. The average Bonchev–Trinajstić information content (AvgIpc) is 3.23. The quantitative estimate of drug-likeness (QED) is 0.595. The molecule has 1 saturated heterocycles. The minimum atomic E-state index is 0.0609. The Bertz CT molecular complexity index is 1020. The Balaban J connectivity index is 1.64. The van der Waals surface area contributed by atoms with E-state index < -0.39 is 0 Å². The maximum Gasteiger partial charge on any atom is 0.227 e. The van der Waals surface area contributed by atoms with E-state index in [1.54, 1.807) is 0 Å². The molecule has 5 nitrogen and oxygen atoms in total. The van der Waals surface area contributed by atoms with Crippen LogP contribution in [0.1, 0.15) is 32.0 Å². The Kier molecular flexibility index (Phi) is 4.90. The number of rotatable bonds is 6. The van der Waals surface area contributed by atoms with Crippen LogP contribution in [0.15, 0.2) is 60.7 Å². The lowest BCUT2D eigenvalue weighted by Gasteiger charge is -2.18. The van der Waals surface area contributed by atoms with Crippen LogP contribution >= 0.6 is 0 Å². The summed E-state index contributed by atoms with van der Waals surface area (Å²) in [6.07, 6.45) is 0.465. The van der Waals surface area contributed by atoms with E-state index in [0.717, 1.165) is 33.9 Å². The van der Waals surface area contributed by atoms with Crippen LogP contribution in [0.3, 0.4) is 0 Å². The number of aromatic nitrogens is 2. The fraction of sp³-hybridized carbons (Fsp3) is 0.304. The first-order valence-corrected chi connectivity index (χ1v) is 9.69. The smallest absolute Gasteiger partial charge is 0.227 e. The van der Waals surface area contributed by atoms with E-state index in [1.807, 2.05) is 61.2 Å². The van der Waals surface area contributed by atoms with Gasteiger partial charge in [-0.05, 0) is 50.2 Å². The Morgan fingerprint density at radius 3 is 2.68 bits per heavy atom. The molecule has 0 spiro atoms. The van der Waals surface area contributed by atoms with Crippen LogP contribution in [-0.2, 0) is 11.3 Å². The van der Waals surface area contributed by atoms with Crippen molar-refractivity contribution in [2.24, 2.45) is 0 Å². The number of carbonyl (C=O) groups excluding carboxylic acids is 1. The molecule has 28 heavy (non-hydrogen) atoms. The van der Waals surface area contributed by atoms with Gasteiger partial charge < -0.3 is 14.2 Å². The number of benzene rings is 2. The fourth-order valence-electron chi connectivity index (χ4n) is 3.86. The van der Waals surface area contributed by atoms with Crippen LogP contribution in [0, 0.1) is 0 Å². The number of ether oxygens (including phenoxy) is 1. The molecule has 1 fully saturated rings. The summed E-state index contributed by atoms with van der Waals surface area (Å²) < 4.78 is 7.71. The molecule has 1 atom stereocenters. The summed E-state index contributed by atoms with van der Waals surface area (Å²) in [5, 5.41) is 0. The second kappa shape index (κ2) is 7.50. The van der Waals surface area contributed by atoms with Gasteiger partial charge >= 0.3 is 0 Å². The Hall–Kier alpha value is -3.08. The van der Waals surface area contributed by atoms with Crippen molar-refractivity contribution in [3.63, 3.8) is 0 Å². The van der Waals surface area contributed by atoms with Gasteiger partial charge in [0, 0.05) is 31.1 Å². The molecular weight excluding hydrogens is 350 g/mol. The normalized spacial score (nSPS) is 16.7. The van der Waals surface area contributed by atoms with Gasteiger partial charge in [-0.1, -0.05) is 24.3 Å². The van der Waals surface area contributed by atoms with E-state index in [2.05, 4.69) is 17.2 Å². The highest BCUT2D eigenvalue weighted by Crippen LogP contribution is 2.34. The fourth-order valence-corrected chi connectivity index (χ4v) is 3.86. The topological polar surface area (TPSA) is 47.4 Å². The van der Waals surface area contributed by atoms with Crippen LogP contribution in [0.5, 0.6) is 5.75 Å². The lowest BCUT2D eigenvalue weighted by Crippen LogP contribution is -2.24. The molecule has 3 aromatic rings. The molecule has 1 aliphatic rings. The highest BCUT2D eigenvalue weighted by molar-refractivity contribution is 5.96. The summed E-state index contributed by atoms with van der Waals surface area (Å²) in [6, 6.07) is 15.8. The Labute approximate surface area is 165 Å². The molecule has 0 unspecified atom stereocenters. The molecule has 144 valence electrons. The molecule has 1 aliphatic heterocycles. The molecule has 4 rings (SSSR count). The number of allylic oxidation sites excluding steroid dienone is 1. The lowest BCUT2D eigenvalue weighted by molar-refractivity contribution is -0.117. The van der Waals surface area contributed by atoms with Crippen LogP contribution in [-0.4, -0.2) is 28.6 Å². The number of nitrogens with zero attached hydrogens (tertiary/aromatic N) is 3. The van der Waals surface area contributed by atoms with E-state index in [9.17, 15) is 4.79 Å². The molecule has 1 amide bonds. The summed E-state index contributed by atoms with van der Waals surface area (Å²) >= 11 is 0. The largest absolute Gasteiger partial charge is 0.494 e. The van der Waals surface area contributed by atoms with Crippen molar-refractivity contribution < 1.29 is 9.53 Å². The van der Waals surface area contributed by atoms with Gasteiger partial charge in [0.2, 0.25) is 5.91 Å².